The zero-order valence-corrected chi connectivity index (χ0v) is 17.0. The van der Waals surface area contributed by atoms with Crippen molar-refractivity contribution < 1.29 is 22.5 Å². The minimum Gasteiger partial charge on any atom is -0.443 e. The van der Waals surface area contributed by atoms with Crippen LogP contribution in [0.2, 0.25) is 0 Å². The maximum absolute atomic E-state index is 13.4. The fourth-order valence-corrected chi connectivity index (χ4v) is 3.95. The van der Waals surface area contributed by atoms with E-state index in [-0.39, 0.29) is 29.3 Å². The van der Waals surface area contributed by atoms with Crippen molar-refractivity contribution in [3.05, 3.63) is 95.4 Å². The highest BCUT2D eigenvalue weighted by atomic mass is 19.1. The van der Waals surface area contributed by atoms with E-state index in [1.807, 2.05) is 6.07 Å². The van der Waals surface area contributed by atoms with E-state index in [9.17, 15) is 13.6 Å². The summed E-state index contributed by atoms with van der Waals surface area (Å²) >= 11 is 0. The molecule has 0 saturated carbocycles. The summed E-state index contributed by atoms with van der Waals surface area (Å²) in [6, 6.07) is 13.4. The molecule has 1 unspecified atom stereocenters. The number of oxazole rings is 1. The molecule has 1 aliphatic rings. The Labute approximate surface area is 182 Å². The molecule has 1 atom stereocenters. The van der Waals surface area contributed by atoms with E-state index in [1.54, 1.807) is 35.4 Å². The quantitative estimate of drug-likeness (QED) is 0.432. The summed E-state index contributed by atoms with van der Waals surface area (Å²) in [4.78, 5) is 19.1. The number of rotatable bonds is 5. The molecule has 2 aromatic heterocycles. The Morgan fingerprint density at radius 3 is 2.75 bits per heavy atom. The second kappa shape index (κ2) is 8.37. The van der Waals surface area contributed by atoms with Crippen molar-refractivity contribution >= 4 is 5.91 Å². The first-order chi connectivity index (χ1) is 15.6. The lowest BCUT2D eigenvalue weighted by Crippen LogP contribution is -2.30. The van der Waals surface area contributed by atoms with Crippen molar-refractivity contribution in [2.24, 2.45) is 0 Å². The van der Waals surface area contributed by atoms with Gasteiger partial charge < -0.3 is 13.8 Å². The molecule has 1 saturated heterocycles. The van der Waals surface area contributed by atoms with Gasteiger partial charge in [0.2, 0.25) is 11.7 Å². The lowest BCUT2D eigenvalue weighted by atomic mass is 10.1. The van der Waals surface area contributed by atoms with Gasteiger partial charge in [0.15, 0.2) is 0 Å². The molecule has 4 aromatic rings. The highest BCUT2D eigenvalue weighted by Gasteiger charge is 2.35. The predicted molar refractivity (Wildman–Crippen MR) is 111 cm³/mol. The molecule has 162 valence electrons. The van der Waals surface area contributed by atoms with Gasteiger partial charge in [-0.05, 0) is 54.8 Å². The van der Waals surface area contributed by atoms with Crippen molar-refractivity contribution in [1.82, 2.24) is 15.0 Å². The van der Waals surface area contributed by atoms with E-state index in [2.05, 4.69) is 10.1 Å². The molecule has 0 bridgehead atoms. The third-order valence-corrected chi connectivity index (χ3v) is 5.50. The molecule has 8 heteroatoms. The van der Waals surface area contributed by atoms with Crippen LogP contribution in [0.5, 0.6) is 0 Å². The topological polar surface area (TPSA) is 72.4 Å². The largest absolute Gasteiger partial charge is 0.443 e. The summed E-state index contributed by atoms with van der Waals surface area (Å²) in [5, 5.41) is 3.95. The Kier molecular flexibility index (Phi) is 5.26. The molecule has 32 heavy (non-hydrogen) atoms. The Morgan fingerprint density at radius 2 is 1.94 bits per heavy atom. The number of hydrogen-bond donors (Lipinski definition) is 0. The minimum atomic E-state index is -0.351. The number of nitrogens with zero attached hydrogens (tertiary/aromatic N) is 3. The molecule has 3 heterocycles. The summed E-state index contributed by atoms with van der Waals surface area (Å²) in [6.07, 6.45) is 3.54. The van der Waals surface area contributed by atoms with Gasteiger partial charge in [0.1, 0.15) is 29.1 Å². The Morgan fingerprint density at radius 1 is 1.09 bits per heavy atom. The maximum Gasteiger partial charge on any atom is 0.293 e. The number of benzene rings is 2. The zero-order valence-electron chi connectivity index (χ0n) is 17.0. The van der Waals surface area contributed by atoms with E-state index in [4.69, 9.17) is 8.94 Å². The number of hydrogen-bond acceptors (Lipinski definition) is 5. The number of carbonyl (C=O) groups is 1. The first-order valence-electron chi connectivity index (χ1n) is 10.3. The molecule has 5 rings (SSSR count). The molecular formula is C24H19F2N3O3. The molecule has 2 aromatic carbocycles. The van der Waals surface area contributed by atoms with E-state index in [0.717, 1.165) is 12.0 Å². The third kappa shape index (κ3) is 4.03. The number of carbonyl (C=O) groups excluding carboxylic acids is 1. The number of likely N-dealkylation sites (tertiary alicyclic amines) is 1. The van der Waals surface area contributed by atoms with Gasteiger partial charge in [-0.1, -0.05) is 17.3 Å². The Balaban J connectivity index is 1.32. The molecule has 0 radical (unpaired) electrons. The van der Waals surface area contributed by atoms with Gasteiger partial charge in [-0.3, -0.25) is 4.79 Å². The molecule has 1 amide bonds. The number of amides is 1. The summed E-state index contributed by atoms with van der Waals surface area (Å²) < 4.78 is 37.8. The van der Waals surface area contributed by atoms with Crippen molar-refractivity contribution in [1.29, 1.82) is 0 Å². The van der Waals surface area contributed by atoms with Gasteiger partial charge >= 0.3 is 0 Å². The first kappa shape index (κ1) is 20.1. The summed E-state index contributed by atoms with van der Waals surface area (Å²) in [7, 11) is 0. The van der Waals surface area contributed by atoms with Crippen molar-refractivity contribution in [3.63, 3.8) is 0 Å². The Bertz CT molecular complexity index is 1250. The SMILES string of the molecule is O=C(c1cc(-c2ccc(F)cc2)no1)N1CCCC1c1ncc(Cc2cccc(F)c2)o1. The average molecular weight is 435 g/mol. The molecule has 0 aliphatic carbocycles. The highest BCUT2D eigenvalue weighted by molar-refractivity contribution is 5.92. The predicted octanol–water partition coefficient (Wildman–Crippen LogP) is 5.18. The van der Waals surface area contributed by atoms with Crippen LogP contribution in [0.15, 0.2) is 69.7 Å². The van der Waals surface area contributed by atoms with Gasteiger partial charge in [-0.2, -0.15) is 0 Å². The van der Waals surface area contributed by atoms with Crippen LogP contribution in [0.1, 0.15) is 46.7 Å². The van der Waals surface area contributed by atoms with Gasteiger partial charge in [0.05, 0.1) is 6.20 Å². The lowest BCUT2D eigenvalue weighted by molar-refractivity contribution is 0.0672. The summed E-state index contributed by atoms with van der Waals surface area (Å²) in [5.74, 6) is 0.183. The van der Waals surface area contributed by atoms with Gasteiger partial charge in [-0.25, -0.2) is 13.8 Å². The normalized spacial score (nSPS) is 15.9. The minimum absolute atomic E-state index is 0.0998. The molecule has 1 fully saturated rings. The molecule has 0 N–H and O–H groups in total. The third-order valence-electron chi connectivity index (χ3n) is 5.50. The smallest absolute Gasteiger partial charge is 0.293 e. The van der Waals surface area contributed by atoms with Crippen LogP contribution in [-0.2, 0) is 6.42 Å². The van der Waals surface area contributed by atoms with Gasteiger partial charge in [0, 0.05) is 24.6 Å². The van der Waals surface area contributed by atoms with Crippen LogP contribution < -0.4 is 0 Å². The lowest BCUT2D eigenvalue weighted by Gasteiger charge is -2.20. The van der Waals surface area contributed by atoms with Crippen LogP contribution in [-0.4, -0.2) is 27.5 Å². The summed E-state index contributed by atoms with van der Waals surface area (Å²) in [5.41, 5.74) is 1.89. The monoisotopic (exact) mass is 435 g/mol. The number of aromatic nitrogens is 2. The van der Waals surface area contributed by atoms with Crippen molar-refractivity contribution in [3.8, 4) is 11.3 Å². The maximum atomic E-state index is 13.4. The standard InChI is InChI=1S/C24H19F2N3O3/c25-17-8-6-16(7-9-17)20-13-22(32-28-20)24(30)29-10-2-5-21(29)23-27-14-19(31-23)12-15-3-1-4-18(26)11-15/h1,3-4,6-9,11,13-14,21H,2,5,10,12H2. The number of halogens is 2. The fraction of sp³-hybridized carbons (Fsp3) is 0.208. The second-order valence-corrected chi connectivity index (χ2v) is 7.71. The average Bonchev–Trinajstić information content (AvgIpc) is 3.54. The van der Waals surface area contributed by atoms with Crippen LogP contribution in [0.4, 0.5) is 8.78 Å². The van der Waals surface area contributed by atoms with E-state index >= 15 is 0 Å². The van der Waals surface area contributed by atoms with Crippen LogP contribution in [0, 0.1) is 11.6 Å². The molecule has 1 aliphatic heterocycles. The van der Waals surface area contributed by atoms with Gasteiger partial charge in [0.25, 0.3) is 5.91 Å². The molecule has 0 spiro atoms. The van der Waals surface area contributed by atoms with Crippen molar-refractivity contribution in [2.45, 2.75) is 25.3 Å². The van der Waals surface area contributed by atoms with E-state index < -0.39 is 0 Å². The second-order valence-electron chi connectivity index (χ2n) is 7.71. The van der Waals surface area contributed by atoms with E-state index in [0.29, 0.717) is 42.3 Å². The zero-order chi connectivity index (χ0) is 22.1. The van der Waals surface area contributed by atoms with Crippen LogP contribution in [0.3, 0.4) is 0 Å². The highest BCUT2D eigenvalue weighted by Crippen LogP contribution is 2.33. The first-order valence-corrected chi connectivity index (χ1v) is 10.3. The van der Waals surface area contributed by atoms with Crippen LogP contribution >= 0.6 is 0 Å². The Hall–Kier alpha value is -3.81. The van der Waals surface area contributed by atoms with Crippen LogP contribution in [0.25, 0.3) is 11.3 Å². The van der Waals surface area contributed by atoms with Crippen molar-refractivity contribution in [2.75, 3.05) is 6.54 Å². The fourth-order valence-electron chi connectivity index (χ4n) is 3.95. The van der Waals surface area contributed by atoms with Gasteiger partial charge in [-0.15, -0.1) is 0 Å². The molecule has 6 nitrogen and oxygen atoms in total. The van der Waals surface area contributed by atoms with E-state index in [1.165, 1.54) is 24.3 Å². The summed E-state index contributed by atoms with van der Waals surface area (Å²) in [6.45, 7) is 0.539. The molecular weight excluding hydrogens is 416 g/mol.